The SMILES string of the molecule is CCC[C@@H](C[C@@H]1CC[C@H]([C@@H](CC)[C@@H]2OS(=O)(=O)[C@H]3C[C@H]([C@@H](CC)C(=O)OC)O[C@@]3(O)[C@H]2C)O1)O[Si](C)(C)C(C)(C)C. The average molecular weight is 621 g/mol. The monoisotopic (exact) mass is 620 g/mol. The molecular formula is C30H56O9SSi. The van der Waals surface area contributed by atoms with Crippen LogP contribution < -0.4 is 0 Å². The Balaban J connectivity index is 1.75. The summed E-state index contributed by atoms with van der Waals surface area (Å²) >= 11 is 0. The molecule has 3 aliphatic rings. The minimum absolute atomic E-state index is 0.0185. The van der Waals surface area contributed by atoms with Crippen LogP contribution in [0.3, 0.4) is 0 Å². The van der Waals surface area contributed by atoms with Crippen molar-refractivity contribution >= 4 is 24.4 Å². The zero-order valence-electron chi connectivity index (χ0n) is 27.0. The van der Waals surface area contributed by atoms with E-state index in [1.165, 1.54) is 7.11 Å². The predicted molar refractivity (Wildman–Crippen MR) is 160 cm³/mol. The fraction of sp³-hybridized carbons (Fsp3) is 0.967. The molecule has 0 aromatic carbocycles. The summed E-state index contributed by atoms with van der Waals surface area (Å²) in [4.78, 5) is 12.4. The maximum atomic E-state index is 13.4. The predicted octanol–water partition coefficient (Wildman–Crippen LogP) is 5.55. The Morgan fingerprint density at radius 3 is 2.32 bits per heavy atom. The fourth-order valence-electron chi connectivity index (χ4n) is 6.80. The number of aliphatic hydroxyl groups is 1. The quantitative estimate of drug-likeness (QED) is 0.170. The van der Waals surface area contributed by atoms with Crippen LogP contribution in [0.5, 0.6) is 0 Å². The smallest absolute Gasteiger partial charge is 0.311 e. The van der Waals surface area contributed by atoms with Crippen molar-refractivity contribution in [1.82, 2.24) is 0 Å². The topological polar surface area (TPSA) is 118 Å². The number of carbonyl (C=O) groups is 1. The summed E-state index contributed by atoms with van der Waals surface area (Å²) < 4.78 is 57.1. The minimum Gasteiger partial charge on any atom is -0.469 e. The lowest BCUT2D eigenvalue weighted by molar-refractivity contribution is -0.255. The molecule has 0 unspecified atom stereocenters. The summed E-state index contributed by atoms with van der Waals surface area (Å²) in [6, 6.07) is 0. The third kappa shape index (κ3) is 7.23. The van der Waals surface area contributed by atoms with Gasteiger partial charge in [0.2, 0.25) is 0 Å². The summed E-state index contributed by atoms with van der Waals surface area (Å²) in [7, 11) is -4.80. The minimum atomic E-state index is -4.16. The molecule has 41 heavy (non-hydrogen) atoms. The van der Waals surface area contributed by atoms with Gasteiger partial charge in [-0.15, -0.1) is 0 Å². The van der Waals surface area contributed by atoms with Crippen molar-refractivity contribution in [2.45, 2.75) is 160 Å². The molecule has 11 heteroatoms. The van der Waals surface area contributed by atoms with Gasteiger partial charge >= 0.3 is 5.97 Å². The van der Waals surface area contributed by atoms with Crippen molar-refractivity contribution in [1.29, 1.82) is 0 Å². The van der Waals surface area contributed by atoms with E-state index >= 15 is 0 Å². The molecule has 0 aromatic heterocycles. The Morgan fingerprint density at radius 1 is 1.12 bits per heavy atom. The fourth-order valence-corrected chi connectivity index (χ4v) is 10.1. The summed E-state index contributed by atoms with van der Waals surface area (Å²) in [5, 5.41) is 10.6. The molecule has 0 saturated carbocycles. The molecule has 0 spiro atoms. The zero-order valence-corrected chi connectivity index (χ0v) is 28.8. The van der Waals surface area contributed by atoms with Crippen LogP contribution in [-0.4, -0.2) is 76.5 Å². The van der Waals surface area contributed by atoms with E-state index in [1.54, 1.807) is 6.92 Å². The van der Waals surface area contributed by atoms with E-state index in [4.69, 9.17) is 22.8 Å². The molecule has 3 rings (SSSR count). The second-order valence-electron chi connectivity index (χ2n) is 14.0. The molecule has 9 nitrogen and oxygen atoms in total. The van der Waals surface area contributed by atoms with Gasteiger partial charge in [0, 0.05) is 17.9 Å². The number of methoxy groups -OCH3 is 1. The van der Waals surface area contributed by atoms with Crippen LogP contribution in [0.15, 0.2) is 0 Å². The summed E-state index contributed by atoms with van der Waals surface area (Å²) in [5.41, 5.74) is 0. The van der Waals surface area contributed by atoms with Crippen LogP contribution in [0.4, 0.5) is 0 Å². The molecule has 10 atom stereocenters. The number of rotatable bonds is 12. The van der Waals surface area contributed by atoms with Crippen LogP contribution in [0.2, 0.25) is 18.1 Å². The van der Waals surface area contributed by atoms with E-state index in [9.17, 15) is 18.3 Å². The molecule has 0 aliphatic carbocycles. The lowest BCUT2D eigenvalue weighted by Crippen LogP contribution is -2.61. The Bertz CT molecular complexity index is 996. The third-order valence-corrected chi connectivity index (χ3v) is 16.5. The second kappa shape index (κ2) is 13.2. The molecule has 0 amide bonds. The first kappa shape index (κ1) is 34.9. The highest BCUT2D eigenvalue weighted by atomic mass is 32.2. The molecule has 0 aromatic rings. The van der Waals surface area contributed by atoms with E-state index in [2.05, 4.69) is 40.8 Å². The third-order valence-electron chi connectivity index (χ3n) is 10.3. The van der Waals surface area contributed by atoms with Gasteiger partial charge in [0.1, 0.15) is 5.25 Å². The van der Waals surface area contributed by atoms with Crippen molar-refractivity contribution < 1.29 is 41.1 Å². The van der Waals surface area contributed by atoms with E-state index in [-0.39, 0.29) is 35.7 Å². The largest absolute Gasteiger partial charge is 0.469 e. The van der Waals surface area contributed by atoms with Gasteiger partial charge in [-0.05, 0) is 63.1 Å². The first-order chi connectivity index (χ1) is 19.0. The number of ether oxygens (including phenoxy) is 3. The Labute approximate surface area is 249 Å². The van der Waals surface area contributed by atoms with Gasteiger partial charge in [0.25, 0.3) is 10.1 Å². The van der Waals surface area contributed by atoms with Crippen molar-refractivity contribution in [3.63, 3.8) is 0 Å². The molecule has 0 bridgehead atoms. The Kier molecular flexibility index (Phi) is 11.2. The Morgan fingerprint density at radius 2 is 1.78 bits per heavy atom. The van der Waals surface area contributed by atoms with Crippen molar-refractivity contribution in [3.05, 3.63) is 0 Å². The normalized spacial score (nSPS) is 36.0. The standard InChI is InChI=1S/C30H56O9SSi/c1-11-14-21(39-41(9,10)29(5,6)7)17-20-15-16-24(36-20)22(12-2)27-19(4)30(32)26(40(33,34)38-27)18-25(37-30)23(13-3)28(31)35-8/h19-27,32H,11-18H2,1-10H3/t19-,20-,21-,22+,23+,24+,25+,26-,27+,30-/m0/s1. The van der Waals surface area contributed by atoms with Crippen molar-refractivity contribution in [2.24, 2.45) is 17.8 Å². The molecular weight excluding hydrogens is 564 g/mol. The molecule has 3 aliphatic heterocycles. The van der Waals surface area contributed by atoms with Gasteiger partial charge in [-0.1, -0.05) is 54.9 Å². The van der Waals surface area contributed by atoms with Crippen molar-refractivity contribution in [3.8, 4) is 0 Å². The summed E-state index contributed by atoms with van der Waals surface area (Å²) in [6.07, 6.45) is 3.90. The molecule has 1 N–H and O–H groups in total. The van der Waals surface area contributed by atoms with Gasteiger partial charge in [-0.2, -0.15) is 8.42 Å². The highest BCUT2D eigenvalue weighted by Gasteiger charge is 2.65. The van der Waals surface area contributed by atoms with Crippen LogP contribution in [0, 0.1) is 17.8 Å². The van der Waals surface area contributed by atoms with Gasteiger partial charge in [0.15, 0.2) is 14.1 Å². The molecule has 240 valence electrons. The number of fused-ring (bicyclic) bond motifs is 1. The van der Waals surface area contributed by atoms with Crippen LogP contribution >= 0.6 is 0 Å². The maximum absolute atomic E-state index is 13.4. The highest BCUT2D eigenvalue weighted by Crippen LogP contribution is 2.50. The number of carbonyl (C=O) groups excluding carboxylic acids is 1. The molecule has 0 radical (unpaired) electrons. The first-order valence-electron chi connectivity index (χ1n) is 15.7. The van der Waals surface area contributed by atoms with Crippen LogP contribution in [0.25, 0.3) is 0 Å². The van der Waals surface area contributed by atoms with Crippen LogP contribution in [0.1, 0.15) is 99.8 Å². The first-order valence-corrected chi connectivity index (χ1v) is 20.1. The highest BCUT2D eigenvalue weighted by molar-refractivity contribution is 7.87. The number of esters is 1. The van der Waals surface area contributed by atoms with E-state index in [0.29, 0.717) is 12.8 Å². The van der Waals surface area contributed by atoms with Crippen LogP contribution in [-0.2, 0) is 37.7 Å². The number of hydrogen-bond acceptors (Lipinski definition) is 9. The zero-order chi connectivity index (χ0) is 31.0. The molecule has 3 saturated heterocycles. The van der Waals surface area contributed by atoms with Crippen molar-refractivity contribution in [2.75, 3.05) is 7.11 Å². The lowest BCUT2D eigenvalue weighted by atomic mass is 9.80. The lowest BCUT2D eigenvalue weighted by Gasteiger charge is -2.46. The van der Waals surface area contributed by atoms with E-state index in [1.807, 2.05) is 13.8 Å². The summed E-state index contributed by atoms with van der Waals surface area (Å²) in [6.45, 7) is 19.1. The van der Waals surface area contributed by atoms with E-state index < -0.39 is 59.5 Å². The Hall–Kier alpha value is -0.563. The molecule has 3 fully saturated rings. The van der Waals surface area contributed by atoms with E-state index in [0.717, 1.165) is 32.1 Å². The van der Waals surface area contributed by atoms with Gasteiger partial charge in [-0.25, -0.2) is 0 Å². The van der Waals surface area contributed by atoms with Gasteiger partial charge in [0.05, 0.1) is 37.4 Å². The number of hydrogen-bond donors (Lipinski definition) is 1. The van der Waals surface area contributed by atoms with Gasteiger partial charge in [-0.3, -0.25) is 8.98 Å². The maximum Gasteiger partial charge on any atom is 0.311 e. The summed E-state index contributed by atoms with van der Waals surface area (Å²) in [5.74, 6) is -3.98. The van der Waals surface area contributed by atoms with Gasteiger partial charge < -0.3 is 23.7 Å². The molecule has 3 heterocycles. The average Bonchev–Trinajstić information content (AvgIpc) is 3.48. The second-order valence-corrected chi connectivity index (χ2v) is 20.5.